The van der Waals surface area contributed by atoms with Gasteiger partial charge in [-0.25, -0.2) is 9.78 Å². The fourth-order valence-electron chi connectivity index (χ4n) is 5.30. The van der Waals surface area contributed by atoms with Gasteiger partial charge in [0.05, 0.1) is 33.5 Å². The van der Waals surface area contributed by atoms with Gasteiger partial charge < -0.3 is 24.2 Å². The summed E-state index contributed by atoms with van der Waals surface area (Å²) in [5, 5.41) is 10.2. The molecule has 0 unspecified atom stereocenters. The summed E-state index contributed by atoms with van der Waals surface area (Å²) in [4.78, 5) is 19.5. The van der Waals surface area contributed by atoms with Crippen LogP contribution in [0.1, 0.15) is 67.1 Å². The Morgan fingerprint density at radius 3 is 2.56 bits per heavy atom. The van der Waals surface area contributed by atoms with Crippen molar-refractivity contribution in [3.63, 3.8) is 0 Å². The van der Waals surface area contributed by atoms with Crippen molar-refractivity contribution in [2.45, 2.75) is 64.1 Å². The highest BCUT2D eigenvalue weighted by atomic mass is 35.5. The molecule has 0 bridgehead atoms. The maximum atomic E-state index is 12.2. The standard InChI is InChI=1S/C30H32Cl2N4O4S/c1-16(2)39-23-13-18(29(37)38-3)14-24-27(23)34-30(41-24)36-11-9-19(10-12-36)33-15-20-26(35-40-28(20)17-7-8-17)25-21(31)5-4-6-22(25)32/h4-6,13-14,16-17,19,33H,7-12,15H2,1-3H3. The van der Waals surface area contributed by atoms with Gasteiger partial charge in [0.2, 0.25) is 0 Å². The Morgan fingerprint density at radius 2 is 1.90 bits per heavy atom. The molecule has 2 aromatic carbocycles. The number of hydrogen-bond acceptors (Lipinski definition) is 9. The van der Waals surface area contributed by atoms with Crippen LogP contribution >= 0.6 is 34.5 Å². The average Bonchev–Trinajstić information content (AvgIpc) is 3.57. The van der Waals surface area contributed by atoms with Crippen molar-refractivity contribution in [1.29, 1.82) is 0 Å². The van der Waals surface area contributed by atoms with Crippen molar-refractivity contribution in [2.75, 3.05) is 25.1 Å². The summed E-state index contributed by atoms with van der Waals surface area (Å²) in [5.74, 6) is 1.58. The van der Waals surface area contributed by atoms with E-state index >= 15 is 0 Å². The number of nitrogens with zero attached hydrogens (tertiary/aromatic N) is 3. The first-order chi connectivity index (χ1) is 19.8. The molecular formula is C30H32Cl2N4O4S. The molecule has 2 aliphatic rings. The monoisotopic (exact) mass is 614 g/mol. The summed E-state index contributed by atoms with van der Waals surface area (Å²) in [6.45, 7) is 6.29. The summed E-state index contributed by atoms with van der Waals surface area (Å²) in [6.07, 6.45) is 4.11. The van der Waals surface area contributed by atoms with Crippen molar-refractivity contribution in [1.82, 2.24) is 15.5 Å². The number of esters is 1. The van der Waals surface area contributed by atoms with Crippen LogP contribution < -0.4 is 15.0 Å². The Bertz CT molecular complexity index is 1550. The van der Waals surface area contributed by atoms with Gasteiger partial charge in [0.15, 0.2) is 5.13 Å². The fourth-order valence-corrected chi connectivity index (χ4v) is 6.95. The summed E-state index contributed by atoms with van der Waals surface area (Å²) in [5.41, 5.74) is 3.75. The number of hydrogen-bond donors (Lipinski definition) is 1. The van der Waals surface area contributed by atoms with Gasteiger partial charge in [0.1, 0.15) is 22.7 Å². The molecule has 1 aliphatic heterocycles. The van der Waals surface area contributed by atoms with Crippen LogP contribution in [0.5, 0.6) is 5.75 Å². The molecule has 0 radical (unpaired) electrons. The van der Waals surface area contributed by atoms with Crippen LogP contribution in [0.3, 0.4) is 0 Å². The molecule has 2 fully saturated rings. The van der Waals surface area contributed by atoms with Crippen molar-refractivity contribution < 1.29 is 18.8 Å². The number of aromatic nitrogens is 2. The SMILES string of the molecule is COC(=O)c1cc(OC(C)C)c2nc(N3CCC(NCc4c(-c5c(Cl)cccc5Cl)noc4C4CC4)CC3)sc2c1. The van der Waals surface area contributed by atoms with Gasteiger partial charge in [0, 0.05) is 42.7 Å². The Balaban J connectivity index is 1.16. The Labute approximate surface area is 252 Å². The second-order valence-corrected chi connectivity index (χ2v) is 12.7. The third-order valence-corrected chi connectivity index (χ3v) is 9.22. The van der Waals surface area contributed by atoms with Crippen molar-refractivity contribution in [3.05, 3.63) is 57.3 Å². The molecule has 3 heterocycles. The zero-order valence-electron chi connectivity index (χ0n) is 23.2. The van der Waals surface area contributed by atoms with Crippen molar-refractivity contribution >= 4 is 55.9 Å². The lowest BCUT2D eigenvalue weighted by Gasteiger charge is -2.32. The third-order valence-electron chi connectivity index (χ3n) is 7.53. The minimum atomic E-state index is -0.389. The quantitative estimate of drug-likeness (QED) is 0.194. The lowest BCUT2D eigenvalue weighted by molar-refractivity contribution is 0.0600. The number of carbonyl (C=O) groups is 1. The molecule has 0 amide bonds. The molecule has 8 nitrogen and oxygen atoms in total. The van der Waals surface area contributed by atoms with Gasteiger partial charge in [0.25, 0.3) is 0 Å². The first kappa shape index (κ1) is 28.3. The van der Waals surface area contributed by atoms with Gasteiger partial charge in [-0.15, -0.1) is 0 Å². The highest BCUT2D eigenvalue weighted by molar-refractivity contribution is 7.22. The third kappa shape index (κ3) is 5.91. The zero-order chi connectivity index (χ0) is 28.7. The van der Waals surface area contributed by atoms with Crippen LogP contribution in [-0.2, 0) is 11.3 Å². The molecule has 4 aromatic rings. The molecule has 2 aromatic heterocycles. The predicted octanol–water partition coefficient (Wildman–Crippen LogP) is 7.47. The normalized spacial score (nSPS) is 16.1. The molecule has 216 valence electrons. The largest absolute Gasteiger partial charge is 0.489 e. The maximum Gasteiger partial charge on any atom is 0.338 e. The van der Waals surface area contributed by atoms with E-state index in [1.54, 1.807) is 17.4 Å². The number of carbonyl (C=O) groups excluding carboxylic acids is 1. The Kier molecular flexibility index (Phi) is 8.14. The Hall–Kier alpha value is -2.85. The number of thiazole rings is 1. The first-order valence-electron chi connectivity index (χ1n) is 13.9. The van der Waals surface area contributed by atoms with Gasteiger partial charge in [-0.1, -0.05) is 45.8 Å². The van der Waals surface area contributed by atoms with E-state index in [2.05, 4.69) is 15.4 Å². The van der Waals surface area contributed by atoms with Crippen molar-refractivity contribution in [2.24, 2.45) is 0 Å². The predicted molar refractivity (Wildman–Crippen MR) is 163 cm³/mol. The first-order valence-corrected chi connectivity index (χ1v) is 15.5. The van der Waals surface area contributed by atoms with Gasteiger partial charge in [-0.2, -0.15) is 0 Å². The number of methoxy groups -OCH3 is 1. The molecule has 6 rings (SSSR count). The fraction of sp³-hybridized carbons (Fsp3) is 0.433. The number of halogens is 2. The number of piperidine rings is 1. The highest BCUT2D eigenvalue weighted by Crippen LogP contribution is 2.46. The molecular weight excluding hydrogens is 583 g/mol. The van der Waals surface area contributed by atoms with Crippen molar-refractivity contribution in [3.8, 4) is 17.0 Å². The van der Waals surface area contributed by atoms with Gasteiger partial charge >= 0.3 is 5.97 Å². The van der Waals surface area contributed by atoms with E-state index in [0.717, 1.165) is 76.7 Å². The number of anilines is 1. The summed E-state index contributed by atoms with van der Waals surface area (Å²) in [7, 11) is 1.38. The van der Waals surface area contributed by atoms with Crippen LogP contribution in [-0.4, -0.2) is 48.5 Å². The lowest BCUT2D eigenvalue weighted by Crippen LogP contribution is -2.42. The highest BCUT2D eigenvalue weighted by Gasteiger charge is 2.34. The van der Waals surface area contributed by atoms with E-state index in [1.165, 1.54) is 7.11 Å². The Morgan fingerprint density at radius 1 is 1.17 bits per heavy atom. The van der Waals surface area contributed by atoms with Crippen LogP contribution in [0.25, 0.3) is 21.5 Å². The molecule has 1 aliphatic carbocycles. The van der Waals surface area contributed by atoms with Gasteiger partial charge in [-0.05, 0) is 63.8 Å². The molecule has 1 saturated heterocycles. The van der Waals surface area contributed by atoms with E-state index in [4.69, 9.17) is 42.2 Å². The van der Waals surface area contributed by atoms with Crippen LogP contribution in [0, 0.1) is 0 Å². The van der Waals surface area contributed by atoms with E-state index in [1.807, 2.05) is 38.1 Å². The zero-order valence-corrected chi connectivity index (χ0v) is 25.5. The van der Waals surface area contributed by atoms with E-state index in [9.17, 15) is 4.79 Å². The maximum absolute atomic E-state index is 12.2. The van der Waals surface area contributed by atoms with E-state index in [-0.39, 0.29) is 12.1 Å². The minimum absolute atomic E-state index is 0.0432. The van der Waals surface area contributed by atoms with Crippen LogP contribution in [0.2, 0.25) is 10.0 Å². The van der Waals surface area contributed by atoms with E-state index in [0.29, 0.717) is 39.9 Å². The van der Waals surface area contributed by atoms with Crippen LogP contribution in [0.4, 0.5) is 5.13 Å². The summed E-state index contributed by atoms with van der Waals surface area (Å²) in [6, 6.07) is 9.39. The summed E-state index contributed by atoms with van der Waals surface area (Å²) >= 11 is 14.6. The topological polar surface area (TPSA) is 89.7 Å². The van der Waals surface area contributed by atoms with Gasteiger partial charge in [-0.3, -0.25) is 0 Å². The molecule has 1 saturated carbocycles. The molecule has 0 spiro atoms. The van der Waals surface area contributed by atoms with Crippen LogP contribution in [0.15, 0.2) is 34.9 Å². The molecule has 41 heavy (non-hydrogen) atoms. The number of benzene rings is 2. The average molecular weight is 616 g/mol. The second kappa shape index (κ2) is 11.8. The smallest absolute Gasteiger partial charge is 0.338 e. The second-order valence-electron chi connectivity index (χ2n) is 10.9. The molecule has 0 atom stereocenters. The minimum Gasteiger partial charge on any atom is -0.489 e. The number of rotatable bonds is 9. The summed E-state index contributed by atoms with van der Waals surface area (Å²) < 4.78 is 17.7. The molecule has 11 heteroatoms. The number of fused-ring (bicyclic) bond motifs is 1. The number of ether oxygens (including phenoxy) is 2. The number of nitrogens with one attached hydrogen (secondary N) is 1. The lowest BCUT2D eigenvalue weighted by atomic mass is 10.0. The molecule has 1 N–H and O–H groups in total. The van der Waals surface area contributed by atoms with E-state index < -0.39 is 0 Å².